The lowest BCUT2D eigenvalue weighted by Gasteiger charge is -2.22. The molecule has 0 aliphatic carbocycles. The van der Waals surface area contributed by atoms with E-state index in [0.717, 1.165) is 43.1 Å². The van der Waals surface area contributed by atoms with Crippen molar-refractivity contribution < 1.29 is 9.32 Å². The van der Waals surface area contributed by atoms with Gasteiger partial charge in [-0.25, -0.2) is 0 Å². The maximum atomic E-state index is 12.5. The number of hydrogen-bond acceptors (Lipinski definition) is 4. The van der Waals surface area contributed by atoms with Crippen LogP contribution in [-0.2, 0) is 11.2 Å². The number of hydrogen-bond donors (Lipinski definition) is 0. The van der Waals surface area contributed by atoms with E-state index in [9.17, 15) is 4.79 Å². The van der Waals surface area contributed by atoms with Gasteiger partial charge in [-0.2, -0.15) is 0 Å². The number of aromatic nitrogens is 1. The van der Waals surface area contributed by atoms with Gasteiger partial charge in [-0.3, -0.25) is 4.79 Å². The van der Waals surface area contributed by atoms with E-state index in [4.69, 9.17) is 4.52 Å². The van der Waals surface area contributed by atoms with E-state index in [2.05, 4.69) is 34.3 Å². The number of rotatable bonds is 5. The second-order valence-electron chi connectivity index (χ2n) is 6.69. The molecule has 1 saturated heterocycles. The number of amides is 1. The molecule has 1 aliphatic rings. The van der Waals surface area contributed by atoms with Crippen LogP contribution < -0.4 is 4.90 Å². The Hall–Kier alpha value is -2.30. The quantitative estimate of drug-likeness (QED) is 0.847. The Morgan fingerprint density at radius 3 is 2.75 bits per heavy atom. The van der Waals surface area contributed by atoms with Crippen molar-refractivity contribution in [2.45, 2.75) is 26.7 Å². The third-order valence-electron chi connectivity index (χ3n) is 4.87. The van der Waals surface area contributed by atoms with Crippen LogP contribution in [-0.4, -0.2) is 42.6 Å². The second kappa shape index (κ2) is 7.07. The van der Waals surface area contributed by atoms with Gasteiger partial charge in [0, 0.05) is 37.9 Å². The third-order valence-corrected chi connectivity index (χ3v) is 4.87. The van der Waals surface area contributed by atoms with E-state index < -0.39 is 0 Å². The lowest BCUT2D eigenvalue weighted by atomic mass is 10.1. The first-order valence-electron chi connectivity index (χ1n) is 8.50. The van der Waals surface area contributed by atoms with Gasteiger partial charge >= 0.3 is 0 Å². The van der Waals surface area contributed by atoms with Gasteiger partial charge < -0.3 is 14.3 Å². The molecule has 5 heteroatoms. The zero-order chi connectivity index (χ0) is 17.1. The molecular weight excluding hydrogens is 302 g/mol. The van der Waals surface area contributed by atoms with Gasteiger partial charge in [0.1, 0.15) is 5.76 Å². The first-order chi connectivity index (χ1) is 11.5. The van der Waals surface area contributed by atoms with Gasteiger partial charge in [-0.1, -0.05) is 23.4 Å². The van der Waals surface area contributed by atoms with Crippen molar-refractivity contribution in [3.8, 4) is 0 Å². The number of likely N-dealkylation sites (N-methyl/N-ethyl adjacent to an activating group) is 1. The zero-order valence-corrected chi connectivity index (χ0v) is 14.7. The number of para-hydroxylation sites is 1. The number of aryl methyl sites for hydroxylation is 2. The summed E-state index contributed by atoms with van der Waals surface area (Å²) in [5, 5.41) is 3.92. The van der Waals surface area contributed by atoms with E-state index >= 15 is 0 Å². The van der Waals surface area contributed by atoms with Crippen molar-refractivity contribution in [3.05, 3.63) is 47.3 Å². The van der Waals surface area contributed by atoms with Crippen molar-refractivity contribution in [2.75, 3.05) is 31.6 Å². The SMILES string of the molecule is Cc1noc(C)c1CC(=O)N(C)CC1CCN(c2ccccc2)C1. The molecule has 1 aromatic heterocycles. The maximum absolute atomic E-state index is 12.5. The predicted octanol–water partition coefficient (Wildman–Crippen LogP) is 2.82. The number of carbonyl (C=O) groups is 1. The minimum absolute atomic E-state index is 0.127. The standard InChI is InChI=1S/C19H25N3O2/c1-14-18(15(2)24-20-14)11-19(23)21(3)12-16-9-10-22(13-16)17-7-5-4-6-8-17/h4-8,16H,9-13H2,1-3H3. The van der Waals surface area contributed by atoms with E-state index in [1.807, 2.05) is 31.9 Å². The summed E-state index contributed by atoms with van der Waals surface area (Å²) in [5.74, 6) is 1.39. The lowest BCUT2D eigenvalue weighted by Crippen LogP contribution is -2.34. The molecule has 2 aromatic rings. The van der Waals surface area contributed by atoms with Crippen molar-refractivity contribution in [1.82, 2.24) is 10.1 Å². The molecule has 1 aliphatic heterocycles. The highest BCUT2D eigenvalue weighted by Gasteiger charge is 2.25. The van der Waals surface area contributed by atoms with Gasteiger partial charge in [0.15, 0.2) is 0 Å². The molecular formula is C19H25N3O2. The highest BCUT2D eigenvalue weighted by molar-refractivity contribution is 5.79. The minimum Gasteiger partial charge on any atom is -0.371 e. The van der Waals surface area contributed by atoms with Gasteiger partial charge in [0.25, 0.3) is 0 Å². The molecule has 5 nitrogen and oxygen atoms in total. The molecule has 0 N–H and O–H groups in total. The molecule has 0 bridgehead atoms. The number of anilines is 1. The average molecular weight is 327 g/mol. The smallest absolute Gasteiger partial charge is 0.226 e. The van der Waals surface area contributed by atoms with E-state index in [0.29, 0.717) is 12.3 Å². The first-order valence-corrected chi connectivity index (χ1v) is 8.50. The molecule has 2 heterocycles. The van der Waals surface area contributed by atoms with Crippen LogP contribution in [0.4, 0.5) is 5.69 Å². The Morgan fingerprint density at radius 2 is 2.08 bits per heavy atom. The van der Waals surface area contributed by atoms with Gasteiger partial charge in [-0.15, -0.1) is 0 Å². The first kappa shape index (κ1) is 16.6. The minimum atomic E-state index is 0.127. The molecule has 0 spiro atoms. The summed E-state index contributed by atoms with van der Waals surface area (Å²) < 4.78 is 5.14. The molecule has 3 rings (SSSR count). The van der Waals surface area contributed by atoms with E-state index in [1.165, 1.54) is 5.69 Å². The monoisotopic (exact) mass is 327 g/mol. The van der Waals surface area contributed by atoms with Crippen LogP contribution in [0.2, 0.25) is 0 Å². The van der Waals surface area contributed by atoms with Crippen LogP contribution in [0, 0.1) is 19.8 Å². The fourth-order valence-electron chi connectivity index (χ4n) is 3.38. The molecule has 128 valence electrons. The van der Waals surface area contributed by atoms with E-state index in [1.54, 1.807) is 0 Å². The number of nitrogens with zero attached hydrogens (tertiary/aromatic N) is 3. The molecule has 0 radical (unpaired) electrons. The fourth-order valence-corrected chi connectivity index (χ4v) is 3.38. The Bertz CT molecular complexity index is 676. The number of carbonyl (C=O) groups excluding carboxylic acids is 1. The highest BCUT2D eigenvalue weighted by Crippen LogP contribution is 2.24. The average Bonchev–Trinajstić information content (AvgIpc) is 3.17. The molecule has 1 amide bonds. The summed E-state index contributed by atoms with van der Waals surface area (Å²) in [6, 6.07) is 10.5. The van der Waals surface area contributed by atoms with Gasteiger partial charge in [0.05, 0.1) is 12.1 Å². The van der Waals surface area contributed by atoms with Crippen molar-refractivity contribution in [1.29, 1.82) is 0 Å². The Morgan fingerprint density at radius 1 is 1.33 bits per heavy atom. The van der Waals surface area contributed by atoms with Crippen molar-refractivity contribution in [2.24, 2.45) is 5.92 Å². The maximum Gasteiger partial charge on any atom is 0.226 e. The van der Waals surface area contributed by atoms with Crippen LogP contribution in [0.5, 0.6) is 0 Å². The van der Waals surface area contributed by atoms with Crippen molar-refractivity contribution >= 4 is 11.6 Å². The topological polar surface area (TPSA) is 49.6 Å². The lowest BCUT2D eigenvalue weighted by molar-refractivity contribution is -0.129. The third kappa shape index (κ3) is 3.61. The summed E-state index contributed by atoms with van der Waals surface area (Å²) in [7, 11) is 1.89. The molecule has 24 heavy (non-hydrogen) atoms. The number of benzene rings is 1. The summed E-state index contributed by atoms with van der Waals surface area (Å²) in [4.78, 5) is 16.7. The van der Waals surface area contributed by atoms with Crippen LogP contribution in [0.1, 0.15) is 23.4 Å². The normalized spacial score (nSPS) is 17.3. The Kier molecular flexibility index (Phi) is 4.88. The van der Waals surface area contributed by atoms with Crippen LogP contribution in [0.25, 0.3) is 0 Å². The molecule has 1 fully saturated rings. The molecule has 0 saturated carbocycles. The van der Waals surface area contributed by atoms with E-state index in [-0.39, 0.29) is 5.91 Å². The van der Waals surface area contributed by atoms with Gasteiger partial charge in [-0.05, 0) is 38.3 Å². The summed E-state index contributed by atoms with van der Waals surface area (Å²) >= 11 is 0. The van der Waals surface area contributed by atoms with Crippen LogP contribution >= 0.6 is 0 Å². The predicted molar refractivity (Wildman–Crippen MR) is 94.1 cm³/mol. The van der Waals surface area contributed by atoms with Crippen LogP contribution in [0.15, 0.2) is 34.9 Å². The largest absolute Gasteiger partial charge is 0.371 e. The summed E-state index contributed by atoms with van der Waals surface area (Å²) in [6.45, 7) is 6.60. The summed E-state index contributed by atoms with van der Waals surface area (Å²) in [6.07, 6.45) is 1.49. The second-order valence-corrected chi connectivity index (χ2v) is 6.69. The zero-order valence-electron chi connectivity index (χ0n) is 14.7. The Balaban J connectivity index is 1.54. The van der Waals surface area contributed by atoms with Crippen LogP contribution in [0.3, 0.4) is 0 Å². The molecule has 1 unspecified atom stereocenters. The Labute approximate surface area is 143 Å². The highest BCUT2D eigenvalue weighted by atomic mass is 16.5. The fraction of sp³-hybridized carbons (Fsp3) is 0.474. The van der Waals surface area contributed by atoms with Crippen molar-refractivity contribution in [3.63, 3.8) is 0 Å². The summed E-state index contributed by atoms with van der Waals surface area (Å²) in [5.41, 5.74) is 3.00. The molecule has 1 aromatic carbocycles. The van der Waals surface area contributed by atoms with Gasteiger partial charge in [0.2, 0.25) is 5.91 Å². The molecule has 1 atom stereocenters.